The molecular formula is C18H34O4. The van der Waals surface area contributed by atoms with Gasteiger partial charge in [0.2, 0.25) is 0 Å². The van der Waals surface area contributed by atoms with Crippen LogP contribution in [-0.4, -0.2) is 37.5 Å². The zero-order chi connectivity index (χ0) is 16.3. The van der Waals surface area contributed by atoms with E-state index in [0.29, 0.717) is 19.6 Å². The van der Waals surface area contributed by atoms with Crippen molar-refractivity contribution in [2.45, 2.75) is 71.1 Å². The van der Waals surface area contributed by atoms with Crippen LogP contribution in [-0.2, 0) is 14.3 Å². The largest absolute Gasteiger partial charge is 0.463 e. The number of esters is 1. The molecule has 22 heavy (non-hydrogen) atoms. The van der Waals surface area contributed by atoms with Gasteiger partial charge in [-0.25, -0.2) is 0 Å². The van der Waals surface area contributed by atoms with Crippen LogP contribution in [0.15, 0.2) is 12.2 Å². The van der Waals surface area contributed by atoms with Gasteiger partial charge in [-0.1, -0.05) is 51.2 Å². The lowest BCUT2D eigenvalue weighted by molar-refractivity contribution is -0.145. The average Bonchev–Trinajstić information content (AvgIpc) is 2.52. The monoisotopic (exact) mass is 314 g/mol. The number of hydrogen-bond donors (Lipinski definition) is 1. The Kier molecular flexibility index (Phi) is 17.5. The van der Waals surface area contributed by atoms with E-state index in [1.54, 1.807) is 0 Å². The molecule has 0 saturated carbocycles. The van der Waals surface area contributed by atoms with E-state index in [1.165, 1.54) is 44.9 Å². The normalized spacial score (nSPS) is 11.2. The minimum absolute atomic E-state index is 0.00246. The maximum absolute atomic E-state index is 11.4. The molecule has 0 rings (SSSR count). The summed E-state index contributed by atoms with van der Waals surface area (Å²) in [5.74, 6) is -0.147. The predicted octanol–water partition coefficient (Wildman–Crippen LogP) is 4.02. The molecule has 0 spiro atoms. The number of unbranched alkanes of at least 4 members (excludes halogenated alkanes) is 7. The first-order chi connectivity index (χ1) is 10.8. The maximum Gasteiger partial charge on any atom is 0.305 e. The summed E-state index contributed by atoms with van der Waals surface area (Å²) < 4.78 is 10.0. The zero-order valence-electron chi connectivity index (χ0n) is 14.2. The highest BCUT2D eigenvalue weighted by molar-refractivity contribution is 5.69. The third kappa shape index (κ3) is 17.2. The molecule has 4 nitrogen and oxygen atoms in total. The van der Waals surface area contributed by atoms with Gasteiger partial charge in [-0.3, -0.25) is 4.79 Å². The van der Waals surface area contributed by atoms with Crippen molar-refractivity contribution in [2.24, 2.45) is 0 Å². The Morgan fingerprint density at radius 2 is 1.59 bits per heavy atom. The topological polar surface area (TPSA) is 55.8 Å². The second-order valence-electron chi connectivity index (χ2n) is 5.48. The van der Waals surface area contributed by atoms with Gasteiger partial charge in [0.1, 0.15) is 6.61 Å². The van der Waals surface area contributed by atoms with Crippen LogP contribution < -0.4 is 0 Å². The molecule has 0 aliphatic rings. The van der Waals surface area contributed by atoms with Gasteiger partial charge in [-0.05, 0) is 25.7 Å². The molecule has 0 atom stereocenters. The van der Waals surface area contributed by atoms with Crippen molar-refractivity contribution < 1.29 is 19.4 Å². The fraction of sp³-hybridized carbons (Fsp3) is 0.833. The van der Waals surface area contributed by atoms with Crippen LogP contribution in [0.1, 0.15) is 71.1 Å². The Morgan fingerprint density at radius 3 is 2.32 bits per heavy atom. The number of carbonyl (C=O) groups excluding carboxylic acids is 1. The Hall–Kier alpha value is -0.870. The molecule has 0 aromatic rings. The summed E-state index contributed by atoms with van der Waals surface area (Å²) in [7, 11) is 0. The molecule has 4 heteroatoms. The number of carbonyl (C=O) groups is 1. The molecule has 0 bridgehead atoms. The van der Waals surface area contributed by atoms with Crippen LogP contribution in [0.5, 0.6) is 0 Å². The van der Waals surface area contributed by atoms with Gasteiger partial charge in [0.15, 0.2) is 0 Å². The van der Waals surface area contributed by atoms with Crippen molar-refractivity contribution in [1.29, 1.82) is 0 Å². The standard InChI is InChI=1S/C18H34O4/c1-2-3-4-5-6-7-8-9-10-11-12-13-18(20)22-17-16-21-15-14-19/h5-6,19H,2-4,7-17H2,1H3/b6-5-. The minimum Gasteiger partial charge on any atom is -0.463 e. The van der Waals surface area contributed by atoms with Crippen LogP contribution in [0.25, 0.3) is 0 Å². The quantitative estimate of drug-likeness (QED) is 0.266. The molecule has 0 amide bonds. The lowest BCUT2D eigenvalue weighted by atomic mass is 10.1. The highest BCUT2D eigenvalue weighted by Gasteiger charge is 2.02. The Morgan fingerprint density at radius 1 is 0.909 bits per heavy atom. The molecular weight excluding hydrogens is 280 g/mol. The first-order valence-corrected chi connectivity index (χ1v) is 8.80. The summed E-state index contributed by atoms with van der Waals surface area (Å²) in [6.45, 7) is 3.16. The second kappa shape index (κ2) is 18.2. The summed E-state index contributed by atoms with van der Waals surface area (Å²) in [5, 5.41) is 8.51. The number of aliphatic hydroxyl groups excluding tert-OH is 1. The highest BCUT2D eigenvalue weighted by atomic mass is 16.6. The zero-order valence-corrected chi connectivity index (χ0v) is 14.2. The van der Waals surface area contributed by atoms with Crippen molar-refractivity contribution in [3.8, 4) is 0 Å². The maximum atomic E-state index is 11.4. The molecule has 0 saturated heterocycles. The highest BCUT2D eigenvalue weighted by Crippen LogP contribution is 2.08. The average molecular weight is 314 g/mol. The number of allylic oxidation sites excluding steroid dienone is 2. The molecule has 0 unspecified atom stereocenters. The van der Waals surface area contributed by atoms with E-state index in [0.717, 1.165) is 12.8 Å². The Balaban J connectivity index is 3.18. The van der Waals surface area contributed by atoms with Gasteiger partial charge in [-0.2, -0.15) is 0 Å². The lowest BCUT2D eigenvalue weighted by Gasteiger charge is -2.05. The van der Waals surface area contributed by atoms with Crippen LogP contribution in [0.4, 0.5) is 0 Å². The molecule has 0 aromatic carbocycles. The number of rotatable bonds is 16. The van der Waals surface area contributed by atoms with E-state index in [1.807, 2.05) is 0 Å². The SMILES string of the molecule is CCCC/C=C\CCCCCCCC(=O)OCCOCCO. The Bertz CT molecular complexity index is 264. The summed E-state index contributed by atoms with van der Waals surface area (Å²) in [6.07, 6.45) is 15.7. The van der Waals surface area contributed by atoms with Gasteiger partial charge in [-0.15, -0.1) is 0 Å². The van der Waals surface area contributed by atoms with E-state index < -0.39 is 0 Å². The molecule has 0 radical (unpaired) electrons. The fourth-order valence-corrected chi connectivity index (χ4v) is 2.07. The van der Waals surface area contributed by atoms with Crippen molar-refractivity contribution in [3.05, 3.63) is 12.2 Å². The van der Waals surface area contributed by atoms with E-state index >= 15 is 0 Å². The summed E-state index contributed by atoms with van der Waals surface area (Å²) in [4.78, 5) is 11.4. The van der Waals surface area contributed by atoms with Gasteiger partial charge in [0, 0.05) is 6.42 Å². The van der Waals surface area contributed by atoms with Gasteiger partial charge < -0.3 is 14.6 Å². The third-order valence-electron chi connectivity index (χ3n) is 3.37. The summed E-state index contributed by atoms with van der Waals surface area (Å²) in [6, 6.07) is 0. The first-order valence-electron chi connectivity index (χ1n) is 8.80. The molecule has 0 aliphatic carbocycles. The van der Waals surface area contributed by atoms with Crippen molar-refractivity contribution in [1.82, 2.24) is 0 Å². The van der Waals surface area contributed by atoms with Crippen molar-refractivity contribution >= 4 is 5.97 Å². The molecule has 0 aliphatic heterocycles. The first kappa shape index (κ1) is 21.1. The molecule has 0 fully saturated rings. The number of hydrogen-bond acceptors (Lipinski definition) is 4. The fourth-order valence-electron chi connectivity index (χ4n) is 2.07. The van der Waals surface area contributed by atoms with Gasteiger partial charge >= 0.3 is 5.97 Å². The van der Waals surface area contributed by atoms with E-state index in [2.05, 4.69) is 19.1 Å². The van der Waals surface area contributed by atoms with E-state index in [-0.39, 0.29) is 19.2 Å². The van der Waals surface area contributed by atoms with Crippen LogP contribution in [0, 0.1) is 0 Å². The van der Waals surface area contributed by atoms with E-state index in [9.17, 15) is 4.79 Å². The van der Waals surface area contributed by atoms with Crippen molar-refractivity contribution in [3.63, 3.8) is 0 Å². The van der Waals surface area contributed by atoms with Crippen LogP contribution in [0.2, 0.25) is 0 Å². The smallest absolute Gasteiger partial charge is 0.305 e. The Labute approximate surface area is 135 Å². The van der Waals surface area contributed by atoms with Gasteiger partial charge in [0.05, 0.1) is 19.8 Å². The molecule has 1 N–H and O–H groups in total. The van der Waals surface area contributed by atoms with Gasteiger partial charge in [0.25, 0.3) is 0 Å². The van der Waals surface area contributed by atoms with Crippen LogP contribution in [0.3, 0.4) is 0 Å². The molecule has 130 valence electrons. The molecule has 0 heterocycles. The second-order valence-corrected chi connectivity index (χ2v) is 5.48. The minimum atomic E-state index is -0.147. The summed E-state index contributed by atoms with van der Waals surface area (Å²) in [5.41, 5.74) is 0. The van der Waals surface area contributed by atoms with Crippen LogP contribution >= 0.6 is 0 Å². The summed E-state index contributed by atoms with van der Waals surface area (Å²) >= 11 is 0. The number of ether oxygens (including phenoxy) is 2. The van der Waals surface area contributed by atoms with Crippen molar-refractivity contribution in [2.75, 3.05) is 26.4 Å². The number of aliphatic hydroxyl groups is 1. The predicted molar refractivity (Wildman–Crippen MR) is 89.8 cm³/mol. The third-order valence-corrected chi connectivity index (χ3v) is 3.37. The lowest BCUT2D eigenvalue weighted by Crippen LogP contribution is -2.11. The molecule has 0 aromatic heterocycles. The van der Waals surface area contributed by atoms with E-state index in [4.69, 9.17) is 14.6 Å².